The van der Waals surface area contributed by atoms with Gasteiger partial charge >= 0.3 is 0 Å². The molecular weight excluding hydrogens is 282 g/mol. The smallest absolute Gasteiger partial charge is 0.254 e. The van der Waals surface area contributed by atoms with Crippen molar-refractivity contribution in [1.29, 1.82) is 0 Å². The third-order valence-corrected chi connectivity index (χ3v) is 3.72. The summed E-state index contributed by atoms with van der Waals surface area (Å²) in [6, 6.07) is 5.76. The Morgan fingerprint density at radius 2 is 2.14 bits per heavy atom. The molecule has 22 heavy (non-hydrogen) atoms. The molecule has 0 unspecified atom stereocenters. The highest BCUT2D eigenvalue weighted by Gasteiger charge is 2.16. The number of aromatic nitrogens is 4. The van der Waals surface area contributed by atoms with Crippen molar-refractivity contribution in [3.63, 3.8) is 0 Å². The second kappa shape index (κ2) is 4.87. The van der Waals surface area contributed by atoms with E-state index in [0.717, 1.165) is 40.7 Å². The average Bonchev–Trinajstić information content (AvgIpc) is 3.15. The van der Waals surface area contributed by atoms with Crippen LogP contribution in [0.4, 0.5) is 11.5 Å². The lowest BCUT2D eigenvalue weighted by Gasteiger charge is -2.14. The van der Waals surface area contributed by atoms with Crippen LogP contribution in [0.15, 0.2) is 24.5 Å². The zero-order valence-electron chi connectivity index (χ0n) is 12.3. The maximum Gasteiger partial charge on any atom is 0.254 e. The van der Waals surface area contributed by atoms with Crippen LogP contribution in [0.3, 0.4) is 0 Å². The SMILES string of the molecule is CCc1c(C)nc2ncnn2c1Nc1ccc2c(c1)OCO2. The van der Waals surface area contributed by atoms with Gasteiger partial charge in [-0.3, -0.25) is 0 Å². The summed E-state index contributed by atoms with van der Waals surface area (Å²) in [4.78, 5) is 8.64. The summed E-state index contributed by atoms with van der Waals surface area (Å²) >= 11 is 0. The number of ether oxygens (including phenoxy) is 2. The van der Waals surface area contributed by atoms with Gasteiger partial charge in [0, 0.05) is 23.0 Å². The number of fused-ring (bicyclic) bond motifs is 2. The Morgan fingerprint density at radius 1 is 1.27 bits per heavy atom. The van der Waals surface area contributed by atoms with Gasteiger partial charge in [-0.1, -0.05) is 6.92 Å². The van der Waals surface area contributed by atoms with Gasteiger partial charge in [-0.05, 0) is 25.5 Å². The van der Waals surface area contributed by atoms with E-state index in [1.165, 1.54) is 6.33 Å². The first-order chi connectivity index (χ1) is 10.8. The maximum absolute atomic E-state index is 5.42. The molecule has 1 aliphatic rings. The largest absolute Gasteiger partial charge is 0.454 e. The average molecular weight is 297 g/mol. The van der Waals surface area contributed by atoms with E-state index in [1.807, 2.05) is 25.1 Å². The number of rotatable bonds is 3. The zero-order valence-corrected chi connectivity index (χ0v) is 12.3. The molecule has 7 heteroatoms. The highest BCUT2D eigenvalue weighted by Crippen LogP contribution is 2.35. The van der Waals surface area contributed by atoms with Gasteiger partial charge in [0.2, 0.25) is 6.79 Å². The second-order valence-electron chi connectivity index (χ2n) is 5.04. The molecule has 1 aromatic carbocycles. The van der Waals surface area contributed by atoms with Crippen molar-refractivity contribution in [2.75, 3.05) is 12.1 Å². The van der Waals surface area contributed by atoms with Crippen LogP contribution in [0, 0.1) is 6.92 Å². The van der Waals surface area contributed by atoms with Gasteiger partial charge in [0.05, 0.1) is 0 Å². The van der Waals surface area contributed by atoms with Crippen molar-refractivity contribution < 1.29 is 9.47 Å². The van der Waals surface area contributed by atoms with Gasteiger partial charge < -0.3 is 14.8 Å². The van der Waals surface area contributed by atoms with E-state index >= 15 is 0 Å². The Bertz CT molecular complexity index is 859. The molecule has 7 nitrogen and oxygen atoms in total. The standard InChI is InChI=1S/C15H15N5O2/c1-3-11-9(2)18-15-16-7-17-20(15)14(11)19-10-4-5-12-13(6-10)22-8-21-12/h4-7,19H,3,8H2,1-2H3. The molecule has 0 atom stereocenters. The van der Waals surface area contributed by atoms with Crippen molar-refractivity contribution in [3.05, 3.63) is 35.8 Å². The molecule has 0 saturated heterocycles. The zero-order chi connectivity index (χ0) is 15.1. The molecule has 0 fully saturated rings. The topological polar surface area (TPSA) is 73.6 Å². The lowest BCUT2D eigenvalue weighted by atomic mass is 10.1. The molecule has 0 bridgehead atoms. The maximum atomic E-state index is 5.42. The van der Waals surface area contributed by atoms with E-state index in [4.69, 9.17) is 9.47 Å². The third kappa shape index (κ3) is 1.93. The number of anilines is 2. The predicted molar refractivity (Wildman–Crippen MR) is 80.7 cm³/mol. The van der Waals surface area contributed by atoms with Crippen molar-refractivity contribution in [2.24, 2.45) is 0 Å². The molecule has 0 saturated carbocycles. The molecule has 2 aromatic heterocycles. The van der Waals surface area contributed by atoms with E-state index in [0.29, 0.717) is 5.78 Å². The first-order valence-electron chi connectivity index (χ1n) is 7.12. The van der Waals surface area contributed by atoms with E-state index in [9.17, 15) is 0 Å². The summed E-state index contributed by atoms with van der Waals surface area (Å²) < 4.78 is 12.5. The summed E-state index contributed by atoms with van der Waals surface area (Å²) in [5.41, 5.74) is 2.96. The number of aryl methyl sites for hydroxylation is 1. The number of nitrogens with zero attached hydrogens (tertiary/aromatic N) is 4. The quantitative estimate of drug-likeness (QED) is 0.800. The normalized spacial score (nSPS) is 12.8. The third-order valence-electron chi connectivity index (χ3n) is 3.72. The molecule has 0 amide bonds. The summed E-state index contributed by atoms with van der Waals surface area (Å²) in [6.45, 7) is 4.34. The molecule has 3 aromatic rings. The van der Waals surface area contributed by atoms with Crippen LogP contribution in [0.5, 0.6) is 11.5 Å². The molecule has 1 aliphatic heterocycles. The van der Waals surface area contributed by atoms with E-state index in [2.05, 4.69) is 27.3 Å². The molecular formula is C15H15N5O2. The molecule has 0 spiro atoms. The van der Waals surface area contributed by atoms with Crippen LogP contribution >= 0.6 is 0 Å². The fourth-order valence-corrected chi connectivity index (χ4v) is 2.65. The molecule has 0 radical (unpaired) electrons. The first-order valence-corrected chi connectivity index (χ1v) is 7.12. The van der Waals surface area contributed by atoms with E-state index in [-0.39, 0.29) is 6.79 Å². The van der Waals surface area contributed by atoms with Crippen LogP contribution in [0.25, 0.3) is 5.78 Å². The Balaban J connectivity index is 1.82. The lowest BCUT2D eigenvalue weighted by molar-refractivity contribution is 0.174. The van der Waals surface area contributed by atoms with Crippen molar-refractivity contribution >= 4 is 17.3 Å². The second-order valence-corrected chi connectivity index (χ2v) is 5.04. The van der Waals surface area contributed by atoms with Gasteiger partial charge in [0.25, 0.3) is 5.78 Å². The van der Waals surface area contributed by atoms with Gasteiger partial charge in [0.15, 0.2) is 11.5 Å². The minimum Gasteiger partial charge on any atom is -0.454 e. The van der Waals surface area contributed by atoms with Crippen LogP contribution in [0.2, 0.25) is 0 Å². The fourth-order valence-electron chi connectivity index (χ4n) is 2.65. The van der Waals surface area contributed by atoms with Crippen LogP contribution in [-0.4, -0.2) is 26.4 Å². The minimum atomic E-state index is 0.265. The van der Waals surface area contributed by atoms with Crippen LogP contribution in [0.1, 0.15) is 18.2 Å². The van der Waals surface area contributed by atoms with Gasteiger partial charge in [-0.15, -0.1) is 0 Å². The summed E-state index contributed by atoms with van der Waals surface area (Å²) in [5.74, 6) is 2.96. The molecule has 0 aliphatic carbocycles. The minimum absolute atomic E-state index is 0.265. The Morgan fingerprint density at radius 3 is 3.00 bits per heavy atom. The fraction of sp³-hybridized carbons (Fsp3) is 0.267. The Kier molecular flexibility index (Phi) is 2.85. The van der Waals surface area contributed by atoms with Gasteiger partial charge in [-0.25, -0.2) is 4.98 Å². The number of hydrogen-bond donors (Lipinski definition) is 1. The Labute approximate surface area is 126 Å². The van der Waals surface area contributed by atoms with Crippen molar-refractivity contribution in [2.45, 2.75) is 20.3 Å². The summed E-state index contributed by atoms with van der Waals surface area (Å²) in [6.07, 6.45) is 2.35. The molecule has 4 rings (SSSR count). The van der Waals surface area contributed by atoms with E-state index in [1.54, 1.807) is 4.52 Å². The predicted octanol–water partition coefficient (Wildman–Crippen LogP) is 2.47. The summed E-state index contributed by atoms with van der Waals surface area (Å²) in [7, 11) is 0. The summed E-state index contributed by atoms with van der Waals surface area (Å²) in [5, 5.41) is 7.67. The number of benzene rings is 1. The van der Waals surface area contributed by atoms with Crippen molar-refractivity contribution in [3.8, 4) is 11.5 Å². The molecule has 1 N–H and O–H groups in total. The van der Waals surface area contributed by atoms with Gasteiger partial charge in [-0.2, -0.15) is 14.6 Å². The van der Waals surface area contributed by atoms with Gasteiger partial charge in [0.1, 0.15) is 12.1 Å². The number of hydrogen-bond acceptors (Lipinski definition) is 6. The van der Waals surface area contributed by atoms with Crippen LogP contribution < -0.4 is 14.8 Å². The Hall–Kier alpha value is -2.83. The van der Waals surface area contributed by atoms with E-state index < -0.39 is 0 Å². The lowest BCUT2D eigenvalue weighted by Crippen LogP contribution is -2.08. The monoisotopic (exact) mass is 297 g/mol. The first kappa shape index (κ1) is 12.9. The molecule has 112 valence electrons. The highest BCUT2D eigenvalue weighted by atomic mass is 16.7. The molecule has 3 heterocycles. The van der Waals surface area contributed by atoms with Crippen molar-refractivity contribution in [1.82, 2.24) is 19.6 Å². The number of nitrogens with one attached hydrogen (secondary N) is 1. The highest BCUT2D eigenvalue weighted by molar-refractivity contribution is 5.66. The van der Waals surface area contributed by atoms with Crippen LogP contribution in [-0.2, 0) is 6.42 Å².